The fourth-order valence-corrected chi connectivity index (χ4v) is 6.46. The first-order chi connectivity index (χ1) is 18.5. The van der Waals surface area contributed by atoms with Crippen molar-refractivity contribution in [3.63, 3.8) is 0 Å². The highest BCUT2D eigenvalue weighted by Crippen LogP contribution is 2.45. The Morgan fingerprint density at radius 1 is 0.744 bits per heavy atom. The van der Waals surface area contributed by atoms with Gasteiger partial charge in [-0.05, 0) is 92.0 Å². The standard InChI is InChI=1S/C31H38F6O2/c1-2-3-4-5-21-6-8-22(9-7-21)23-10-12-24(13-11-23)25-14-16-26(17-15-25)30(33,34)38-27-18-19-29(28(32)20-27)39-31(35,36)37/h14-24H,2-13H2,1H3/t21-,22-,23-,24-. The molecule has 2 fully saturated rings. The van der Waals surface area contributed by atoms with Gasteiger partial charge in [0.1, 0.15) is 5.75 Å². The van der Waals surface area contributed by atoms with Crippen molar-refractivity contribution >= 4 is 0 Å². The minimum atomic E-state index is -5.10. The Balaban J connectivity index is 1.27. The van der Waals surface area contributed by atoms with Crippen LogP contribution in [-0.4, -0.2) is 6.36 Å². The Bertz CT molecular complexity index is 1040. The second kappa shape index (κ2) is 12.9. The van der Waals surface area contributed by atoms with Crippen LogP contribution in [0.25, 0.3) is 0 Å². The second-order valence-electron chi connectivity index (χ2n) is 11.3. The zero-order valence-electron chi connectivity index (χ0n) is 22.4. The molecule has 0 radical (unpaired) electrons. The van der Waals surface area contributed by atoms with Gasteiger partial charge >= 0.3 is 12.5 Å². The van der Waals surface area contributed by atoms with E-state index in [1.165, 1.54) is 76.3 Å². The summed E-state index contributed by atoms with van der Waals surface area (Å²) < 4.78 is 88.4. The van der Waals surface area contributed by atoms with Gasteiger partial charge < -0.3 is 9.47 Å². The van der Waals surface area contributed by atoms with Crippen LogP contribution in [0.15, 0.2) is 42.5 Å². The zero-order chi connectivity index (χ0) is 28.0. The average molecular weight is 557 g/mol. The number of alkyl halides is 5. The predicted molar refractivity (Wildman–Crippen MR) is 138 cm³/mol. The van der Waals surface area contributed by atoms with Gasteiger partial charge in [0.05, 0.1) is 5.56 Å². The first-order valence-electron chi connectivity index (χ1n) is 14.3. The van der Waals surface area contributed by atoms with E-state index in [1.807, 2.05) is 0 Å². The summed E-state index contributed by atoms with van der Waals surface area (Å²) in [5, 5.41) is 0. The molecule has 0 saturated heterocycles. The van der Waals surface area contributed by atoms with Gasteiger partial charge in [-0.1, -0.05) is 57.6 Å². The zero-order valence-corrected chi connectivity index (χ0v) is 22.4. The van der Waals surface area contributed by atoms with Crippen LogP contribution in [-0.2, 0) is 6.11 Å². The average Bonchev–Trinajstić information content (AvgIpc) is 2.90. The smallest absolute Gasteiger partial charge is 0.429 e. The molecular formula is C31H38F6O2. The van der Waals surface area contributed by atoms with Crippen molar-refractivity contribution in [2.75, 3.05) is 0 Å². The summed E-state index contributed by atoms with van der Waals surface area (Å²) in [6, 6.07) is 7.86. The topological polar surface area (TPSA) is 18.5 Å². The number of halogens is 6. The molecule has 0 heterocycles. The van der Waals surface area contributed by atoms with Gasteiger partial charge in [-0.25, -0.2) is 4.39 Å². The molecule has 0 N–H and O–H groups in total. The number of ether oxygens (including phenoxy) is 2. The number of hydrogen-bond acceptors (Lipinski definition) is 2. The third-order valence-electron chi connectivity index (χ3n) is 8.64. The van der Waals surface area contributed by atoms with Crippen LogP contribution < -0.4 is 9.47 Å². The lowest BCUT2D eigenvalue weighted by Crippen LogP contribution is -2.25. The lowest BCUT2D eigenvalue weighted by Gasteiger charge is -2.38. The van der Waals surface area contributed by atoms with Crippen molar-refractivity contribution < 1.29 is 35.8 Å². The van der Waals surface area contributed by atoms with E-state index in [0.29, 0.717) is 18.1 Å². The van der Waals surface area contributed by atoms with E-state index in [9.17, 15) is 26.3 Å². The first-order valence-corrected chi connectivity index (χ1v) is 14.3. The summed E-state index contributed by atoms with van der Waals surface area (Å²) in [5.74, 6) is -0.339. The predicted octanol–water partition coefficient (Wildman–Crippen LogP) is 10.5. The minimum Gasteiger partial charge on any atom is -0.429 e. The molecule has 0 spiro atoms. The van der Waals surface area contributed by atoms with Gasteiger partial charge in [0, 0.05) is 6.07 Å². The number of benzene rings is 2. The number of hydrogen-bond donors (Lipinski definition) is 0. The SMILES string of the molecule is CCCCC[C@H]1CC[C@H]([C@H]2CC[C@H](c3ccc(C(F)(F)Oc4ccc(OC(F)(F)F)c(F)c4)cc3)CC2)CC1. The number of unbranched alkanes of at least 4 members (excludes halogenated alkanes) is 2. The lowest BCUT2D eigenvalue weighted by molar-refractivity contribution is -0.275. The summed E-state index contributed by atoms with van der Waals surface area (Å²) in [4.78, 5) is 0. The van der Waals surface area contributed by atoms with E-state index in [0.717, 1.165) is 42.2 Å². The molecule has 0 aromatic heterocycles. The van der Waals surface area contributed by atoms with Crippen molar-refractivity contribution in [2.24, 2.45) is 17.8 Å². The van der Waals surface area contributed by atoms with E-state index in [4.69, 9.17) is 0 Å². The maximum Gasteiger partial charge on any atom is 0.573 e. The normalized spacial score (nSPS) is 24.4. The Labute approximate surface area is 227 Å². The van der Waals surface area contributed by atoms with Crippen LogP contribution in [0.5, 0.6) is 11.5 Å². The third kappa shape index (κ3) is 8.31. The van der Waals surface area contributed by atoms with E-state index in [2.05, 4.69) is 16.4 Å². The van der Waals surface area contributed by atoms with Gasteiger partial charge in [0.25, 0.3) is 0 Å². The van der Waals surface area contributed by atoms with Crippen LogP contribution >= 0.6 is 0 Å². The third-order valence-corrected chi connectivity index (χ3v) is 8.64. The second-order valence-corrected chi connectivity index (χ2v) is 11.3. The van der Waals surface area contributed by atoms with Gasteiger partial charge in [-0.3, -0.25) is 0 Å². The molecule has 2 nitrogen and oxygen atoms in total. The van der Waals surface area contributed by atoms with Gasteiger partial charge in [-0.2, -0.15) is 8.78 Å². The van der Waals surface area contributed by atoms with Crippen LogP contribution in [0.3, 0.4) is 0 Å². The first kappa shape index (κ1) is 29.6. The fraction of sp³-hybridized carbons (Fsp3) is 0.613. The summed E-state index contributed by atoms with van der Waals surface area (Å²) in [7, 11) is 0. The van der Waals surface area contributed by atoms with Crippen molar-refractivity contribution in [2.45, 2.75) is 102 Å². The Hall–Kier alpha value is -2.38. The highest BCUT2D eigenvalue weighted by molar-refractivity contribution is 5.34. The lowest BCUT2D eigenvalue weighted by atomic mass is 9.68. The largest absolute Gasteiger partial charge is 0.573 e. The van der Waals surface area contributed by atoms with Crippen LogP contribution in [0.4, 0.5) is 26.3 Å². The number of rotatable bonds is 10. The van der Waals surface area contributed by atoms with E-state index >= 15 is 0 Å². The van der Waals surface area contributed by atoms with Crippen molar-refractivity contribution in [1.29, 1.82) is 0 Å². The van der Waals surface area contributed by atoms with E-state index in [1.54, 1.807) is 12.1 Å². The highest BCUT2D eigenvalue weighted by atomic mass is 19.4. The summed E-state index contributed by atoms with van der Waals surface area (Å²) in [5.41, 5.74) is 0.610. The Morgan fingerprint density at radius 2 is 1.36 bits per heavy atom. The highest BCUT2D eigenvalue weighted by Gasteiger charge is 2.37. The van der Waals surface area contributed by atoms with E-state index < -0.39 is 35.4 Å². The molecule has 2 aromatic carbocycles. The van der Waals surface area contributed by atoms with E-state index in [-0.39, 0.29) is 0 Å². The van der Waals surface area contributed by atoms with Crippen molar-refractivity contribution in [3.05, 3.63) is 59.4 Å². The Kier molecular flexibility index (Phi) is 9.76. The summed E-state index contributed by atoms with van der Waals surface area (Å²) >= 11 is 0. The Morgan fingerprint density at radius 3 is 1.92 bits per heavy atom. The summed E-state index contributed by atoms with van der Waals surface area (Å²) in [6.07, 6.45) is 6.36. The molecule has 0 aliphatic heterocycles. The molecule has 4 rings (SSSR count). The molecule has 8 heteroatoms. The molecule has 0 amide bonds. The molecule has 2 aromatic rings. The van der Waals surface area contributed by atoms with Crippen LogP contribution in [0, 0.1) is 23.6 Å². The van der Waals surface area contributed by atoms with Gasteiger partial charge in [-0.15, -0.1) is 13.2 Å². The maximum absolute atomic E-state index is 14.7. The van der Waals surface area contributed by atoms with Gasteiger partial charge in [0.2, 0.25) is 0 Å². The fourth-order valence-electron chi connectivity index (χ4n) is 6.46. The molecule has 2 aliphatic rings. The molecule has 0 unspecified atom stereocenters. The maximum atomic E-state index is 14.7. The van der Waals surface area contributed by atoms with Crippen LogP contribution in [0.2, 0.25) is 0 Å². The quantitative estimate of drug-likeness (QED) is 0.214. The van der Waals surface area contributed by atoms with Crippen molar-refractivity contribution in [3.8, 4) is 11.5 Å². The molecule has 0 atom stereocenters. The van der Waals surface area contributed by atoms with Crippen molar-refractivity contribution in [1.82, 2.24) is 0 Å². The van der Waals surface area contributed by atoms with Gasteiger partial charge in [0.15, 0.2) is 11.6 Å². The minimum absolute atomic E-state index is 0.338. The summed E-state index contributed by atoms with van der Waals surface area (Å²) in [6.45, 7) is 2.25. The van der Waals surface area contributed by atoms with Crippen LogP contribution in [0.1, 0.15) is 101 Å². The molecule has 216 valence electrons. The molecule has 2 saturated carbocycles. The monoisotopic (exact) mass is 556 g/mol. The molecule has 0 bridgehead atoms. The molecular weight excluding hydrogens is 518 g/mol. The molecule has 2 aliphatic carbocycles. The molecule has 39 heavy (non-hydrogen) atoms.